The highest BCUT2D eigenvalue weighted by atomic mass is 35.5. The van der Waals surface area contributed by atoms with Gasteiger partial charge in [-0.1, -0.05) is 48.0 Å². The van der Waals surface area contributed by atoms with Crippen LogP contribution >= 0.6 is 11.6 Å². The van der Waals surface area contributed by atoms with E-state index in [0.29, 0.717) is 34.0 Å². The molecule has 4 aromatic rings. The van der Waals surface area contributed by atoms with Crippen molar-refractivity contribution in [2.45, 2.75) is 18.6 Å². The van der Waals surface area contributed by atoms with Gasteiger partial charge < -0.3 is 10.6 Å². The Bertz CT molecular complexity index is 1550. The van der Waals surface area contributed by atoms with Crippen LogP contribution < -0.4 is 5.73 Å². The monoisotopic (exact) mass is 559 g/mol. The van der Waals surface area contributed by atoms with Crippen LogP contribution in [0.2, 0.25) is 5.02 Å². The van der Waals surface area contributed by atoms with E-state index in [1.165, 1.54) is 59.6 Å². The van der Waals surface area contributed by atoms with Gasteiger partial charge >= 0.3 is 0 Å². The van der Waals surface area contributed by atoms with Gasteiger partial charge in [-0.05, 0) is 65.2 Å². The van der Waals surface area contributed by atoms with E-state index in [0.717, 1.165) is 5.56 Å². The minimum Gasteiger partial charge on any atom is -0.369 e. The number of halogens is 3. The molecule has 1 aliphatic heterocycles. The first kappa shape index (κ1) is 27.0. The largest absolute Gasteiger partial charge is 0.369 e. The summed E-state index contributed by atoms with van der Waals surface area (Å²) in [7, 11) is 1.69. The van der Waals surface area contributed by atoms with Crippen LogP contribution in [0, 0.1) is 11.6 Å². The summed E-state index contributed by atoms with van der Waals surface area (Å²) < 4.78 is 27.5. The lowest BCUT2D eigenvalue weighted by atomic mass is 9.82. The van der Waals surface area contributed by atoms with E-state index < -0.39 is 23.1 Å². The Balaban J connectivity index is 1.42. The zero-order valence-corrected chi connectivity index (χ0v) is 22.1. The third kappa shape index (κ3) is 5.15. The molecule has 0 radical (unpaired) electrons. The Morgan fingerprint density at radius 3 is 2.10 bits per heavy atom. The van der Waals surface area contributed by atoms with Crippen LogP contribution in [-0.2, 0) is 23.4 Å². The van der Waals surface area contributed by atoms with Gasteiger partial charge in [-0.15, -0.1) is 0 Å². The summed E-state index contributed by atoms with van der Waals surface area (Å²) in [5, 5.41) is 0.610. The van der Waals surface area contributed by atoms with Gasteiger partial charge in [0.1, 0.15) is 11.6 Å². The number of amides is 2. The van der Waals surface area contributed by atoms with E-state index in [2.05, 4.69) is 9.98 Å². The summed E-state index contributed by atoms with van der Waals surface area (Å²) in [6.45, 7) is 0.302. The Labute approximate surface area is 234 Å². The van der Waals surface area contributed by atoms with Crippen molar-refractivity contribution in [3.8, 4) is 0 Å². The fourth-order valence-electron chi connectivity index (χ4n) is 4.67. The zero-order chi connectivity index (χ0) is 28.4. The minimum atomic E-state index is -1.64. The highest BCUT2D eigenvalue weighted by molar-refractivity contribution is 6.30. The maximum absolute atomic E-state index is 14.0. The van der Waals surface area contributed by atoms with E-state index in [1.54, 1.807) is 36.2 Å². The van der Waals surface area contributed by atoms with Crippen LogP contribution in [0.4, 0.5) is 8.78 Å². The molecule has 0 fully saturated rings. The average Bonchev–Trinajstić information content (AvgIpc) is 3.20. The van der Waals surface area contributed by atoms with E-state index in [4.69, 9.17) is 17.3 Å². The first-order chi connectivity index (χ1) is 19.2. The Morgan fingerprint density at radius 1 is 0.950 bits per heavy atom. The number of nitrogens with zero attached hydrogens (tertiary/aromatic N) is 4. The second-order valence-electron chi connectivity index (χ2n) is 9.41. The molecule has 0 spiro atoms. The molecule has 2 amide bonds. The first-order valence-corrected chi connectivity index (χ1v) is 12.7. The summed E-state index contributed by atoms with van der Waals surface area (Å²) in [6.07, 6.45) is 1.49. The van der Waals surface area contributed by atoms with Crippen molar-refractivity contribution < 1.29 is 18.4 Å². The van der Waals surface area contributed by atoms with Crippen molar-refractivity contribution in [3.05, 3.63) is 136 Å². The summed E-state index contributed by atoms with van der Waals surface area (Å²) in [5.41, 5.74) is 7.07. The van der Waals surface area contributed by atoms with Crippen LogP contribution in [0.5, 0.6) is 0 Å². The molecule has 40 heavy (non-hydrogen) atoms. The predicted octanol–water partition coefficient (Wildman–Crippen LogP) is 4.89. The molecule has 1 aliphatic rings. The smallest absolute Gasteiger partial charge is 0.266 e. The summed E-state index contributed by atoms with van der Waals surface area (Å²) in [6, 6.07) is 21.1. The predicted molar refractivity (Wildman–Crippen MR) is 147 cm³/mol. The molecular formula is C30H24ClF2N5O2. The number of aromatic nitrogens is 1. The maximum Gasteiger partial charge on any atom is 0.266 e. The number of carbonyl (C=O) groups is 2. The molecule has 0 bridgehead atoms. The number of pyridine rings is 1. The number of hydrogen-bond acceptors (Lipinski definition) is 5. The minimum absolute atomic E-state index is 0.0691. The molecule has 0 saturated carbocycles. The van der Waals surface area contributed by atoms with Gasteiger partial charge in [-0.3, -0.25) is 19.5 Å². The lowest BCUT2D eigenvalue weighted by Crippen LogP contribution is -2.43. The van der Waals surface area contributed by atoms with Gasteiger partial charge in [0.05, 0.1) is 12.2 Å². The van der Waals surface area contributed by atoms with Crippen molar-refractivity contribution >= 4 is 29.4 Å². The molecule has 5 rings (SSSR count). The van der Waals surface area contributed by atoms with Crippen LogP contribution in [0.1, 0.15) is 32.7 Å². The van der Waals surface area contributed by atoms with Crippen molar-refractivity contribution in [1.29, 1.82) is 0 Å². The standard InChI is InChI=1S/C30H24ClF2N5O2/c1-37(17-19-2-8-23(31)9-3-19)27(39)20-14-15-35-26(16-20)18-38-28(40)30(36-29(38)34,21-4-10-24(32)11-5-21)22-6-12-25(33)13-7-22/h2-16H,17-18H2,1H3,(H2,34,36). The van der Waals surface area contributed by atoms with E-state index in [-0.39, 0.29) is 18.4 Å². The molecule has 0 aliphatic carbocycles. The van der Waals surface area contributed by atoms with Gasteiger partial charge in [0.2, 0.25) is 0 Å². The van der Waals surface area contributed by atoms with Gasteiger partial charge in [0.15, 0.2) is 11.5 Å². The summed E-state index contributed by atoms with van der Waals surface area (Å²) in [4.78, 5) is 38.8. The topological polar surface area (TPSA) is 91.9 Å². The number of hydrogen-bond donors (Lipinski definition) is 1. The average molecular weight is 560 g/mol. The number of rotatable bonds is 7. The number of guanidine groups is 1. The van der Waals surface area contributed by atoms with Crippen molar-refractivity contribution in [1.82, 2.24) is 14.8 Å². The molecule has 1 aromatic heterocycles. The molecular weight excluding hydrogens is 536 g/mol. The van der Waals surface area contributed by atoms with Gasteiger partial charge in [0, 0.05) is 30.4 Å². The SMILES string of the molecule is CN(Cc1ccc(Cl)cc1)C(=O)c1ccnc(CN2C(=O)C(c3ccc(F)cc3)(c3ccc(F)cc3)N=C2N)c1. The quantitative estimate of drug-likeness (QED) is 0.349. The molecule has 202 valence electrons. The zero-order valence-electron chi connectivity index (χ0n) is 21.4. The molecule has 0 saturated heterocycles. The first-order valence-electron chi connectivity index (χ1n) is 12.3. The third-order valence-corrected chi connectivity index (χ3v) is 6.95. The van der Waals surface area contributed by atoms with Gasteiger partial charge in [-0.2, -0.15) is 0 Å². The van der Waals surface area contributed by atoms with Crippen LogP contribution in [0.15, 0.2) is 96.1 Å². The van der Waals surface area contributed by atoms with E-state index in [1.807, 2.05) is 12.1 Å². The lowest BCUT2D eigenvalue weighted by Gasteiger charge is -2.27. The second-order valence-corrected chi connectivity index (χ2v) is 9.85. The Kier molecular flexibility index (Phi) is 7.32. The third-order valence-electron chi connectivity index (χ3n) is 6.70. The van der Waals surface area contributed by atoms with Crippen LogP contribution in [0.3, 0.4) is 0 Å². The number of aliphatic imine (C=N–C) groups is 1. The summed E-state index contributed by atoms with van der Waals surface area (Å²) in [5.74, 6) is -1.80. The highest BCUT2D eigenvalue weighted by Crippen LogP contribution is 2.40. The number of benzene rings is 3. The highest BCUT2D eigenvalue weighted by Gasteiger charge is 2.50. The van der Waals surface area contributed by atoms with Gasteiger partial charge in [0.25, 0.3) is 11.8 Å². The Morgan fingerprint density at radius 2 is 1.52 bits per heavy atom. The number of carbonyl (C=O) groups excluding carboxylic acids is 2. The second kappa shape index (κ2) is 10.9. The fraction of sp³-hybridized carbons (Fsp3) is 0.133. The molecule has 0 unspecified atom stereocenters. The molecule has 0 atom stereocenters. The molecule has 3 aromatic carbocycles. The lowest BCUT2D eigenvalue weighted by molar-refractivity contribution is -0.130. The van der Waals surface area contributed by atoms with Crippen LogP contribution in [0.25, 0.3) is 0 Å². The van der Waals surface area contributed by atoms with E-state index >= 15 is 0 Å². The van der Waals surface area contributed by atoms with E-state index in [9.17, 15) is 18.4 Å². The normalized spacial score (nSPS) is 14.2. The fourth-order valence-corrected chi connectivity index (χ4v) is 4.80. The van der Waals surface area contributed by atoms with Crippen molar-refractivity contribution in [2.75, 3.05) is 7.05 Å². The molecule has 2 N–H and O–H groups in total. The van der Waals surface area contributed by atoms with Crippen molar-refractivity contribution in [2.24, 2.45) is 10.7 Å². The summed E-state index contributed by atoms with van der Waals surface area (Å²) >= 11 is 5.95. The molecule has 10 heteroatoms. The van der Waals surface area contributed by atoms with Crippen LogP contribution in [-0.4, -0.2) is 39.6 Å². The van der Waals surface area contributed by atoms with Crippen molar-refractivity contribution in [3.63, 3.8) is 0 Å². The number of nitrogens with two attached hydrogens (primary N) is 1. The molecule has 2 heterocycles. The Hall–Kier alpha value is -4.63. The van der Waals surface area contributed by atoms with Gasteiger partial charge in [-0.25, -0.2) is 13.8 Å². The maximum atomic E-state index is 14.0. The molecule has 7 nitrogen and oxygen atoms in total.